The Balaban J connectivity index is 1.95. The van der Waals surface area contributed by atoms with Crippen molar-refractivity contribution in [3.8, 4) is 0 Å². The Bertz CT molecular complexity index is 572. The van der Waals surface area contributed by atoms with Crippen LogP contribution < -0.4 is 10.2 Å². The molecular weight excluding hydrogens is 253 g/mol. The molecule has 6 nitrogen and oxygen atoms in total. The maximum Gasteiger partial charge on any atom is 0.332 e. The summed E-state index contributed by atoms with van der Waals surface area (Å²) >= 11 is 0. The van der Waals surface area contributed by atoms with E-state index in [0.29, 0.717) is 5.69 Å². The zero-order valence-electron chi connectivity index (χ0n) is 9.80. The molecule has 1 aromatic rings. The Morgan fingerprint density at radius 2 is 1.84 bits per heavy atom. The molecule has 7 heteroatoms. The SMILES string of the molecule is O=C1CN2C(=O)N(c3ccc(F)cc3)C(=O)C2CN1. The van der Waals surface area contributed by atoms with Crippen molar-refractivity contribution < 1.29 is 18.8 Å². The van der Waals surface area contributed by atoms with E-state index in [0.717, 1.165) is 4.90 Å². The van der Waals surface area contributed by atoms with E-state index in [2.05, 4.69) is 5.32 Å². The third-order valence-electron chi connectivity index (χ3n) is 3.21. The average molecular weight is 263 g/mol. The molecule has 0 bridgehead atoms. The maximum atomic E-state index is 12.9. The second-order valence-corrected chi connectivity index (χ2v) is 4.38. The highest BCUT2D eigenvalue weighted by Gasteiger charge is 2.48. The summed E-state index contributed by atoms with van der Waals surface area (Å²) in [6, 6.07) is 3.86. The fourth-order valence-electron chi connectivity index (χ4n) is 2.26. The van der Waals surface area contributed by atoms with E-state index in [9.17, 15) is 18.8 Å². The summed E-state index contributed by atoms with van der Waals surface area (Å²) in [6.45, 7) is -0.0198. The number of urea groups is 1. The predicted octanol–water partition coefficient (Wildman–Crippen LogP) is 0.0927. The second-order valence-electron chi connectivity index (χ2n) is 4.38. The van der Waals surface area contributed by atoms with E-state index in [1.807, 2.05) is 0 Å². The molecule has 19 heavy (non-hydrogen) atoms. The van der Waals surface area contributed by atoms with Crippen LogP contribution in [0.25, 0.3) is 0 Å². The van der Waals surface area contributed by atoms with Gasteiger partial charge in [-0.1, -0.05) is 0 Å². The molecule has 0 aliphatic carbocycles. The number of carbonyl (C=O) groups excluding carboxylic acids is 3. The Hall–Kier alpha value is -2.44. The number of amides is 4. The zero-order chi connectivity index (χ0) is 13.6. The van der Waals surface area contributed by atoms with Crippen molar-refractivity contribution in [3.63, 3.8) is 0 Å². The van der Waals surface area contributed by atoms with Crippen molar-refractivity contribution in [3.05, 3.63) is 30.1 Å². The maximum absolute atomic E-state index is 12.9. The number of imide groups is 1. The molecule has 1 aromatic carbocycles. The van der Waals surface area contributed by atoms with Gasteiger partial charge in [-0.05, 0) is 24.3 Å². The molecule has 2 heterocycles. The highest BCUT2D eigenvalue weighted by Crippen LogP contribution is 2.26. The number of hydrogen-bond acceptors (Lipinski definition) is 3. The molecule has 2 aliphatic heterocycles. The number of halogens is 1. The summed E-state index contributed by atoms with van der Waals surface area (Å²) in [6.07, 6.45) is 0. The topological polar surface area (TPSA) is 69.7 Å². The van der Waals surface area contributed by atoms with E-state index in [1.54, 1.807) is 0 Å². The van der Waals surface area contributed by atoms with Crippen LogP contribution in [0.1, 0.15) is 0 Å². The van der Waals surface area contributed by atoms with Gasteiger partial charge in [0.25, 0.3) is 5.91 Å². The molecule has 2 aliphatic rings. The summed E-state index contributed by atoms with van der Waals surface area (Å²) in [5.74, 6) is -1.15. The second kappa shape index (κ2) is 4.04. The number of benzene rings is 1. The molecule has 3 rings (SSSR count). The Kier molecular flexibility index (Phi) is 2.48. The van der Waals surface area contributed by atoms with Crippen LogP contribution in [0.15, 0.2) is 24.3 Å². The van der Waals surface area contributed by atoms with Gasteiger partial charge < -0.3 is 10.2 Å². The lowest BCUT2D eigenvalue weighted by molar-refractivity contribution is -0.126. The van der Waals surface area contributed by atoms with Crippen LogP contribution >= 0.6 is 0 Å². The number of carbonyl (C=O) groups is 3. The largest absolute Gasteiger partial charge is 0.352 e. The van der Waals surface area contributed by atoms with Gasteiger partial charge in [-0.25, -0.2) is 14.1 Å². The summed E-state index contributed by atoms with van der Waals surface area (Å²) < 4.78 is 12.9. The van der Waals surface area contributed by atoms with Crippen LogP contribution in [0.5, 0.6) is 0 Å². The Morgan fingerprint density at radius 3 is 2.53 bits per heavy atom. The molecule has 1 unspecified atom stereocenters. The first-order valence-corrected chi connectivity index (χ1v) is 5.75. The highest BCUT2D eigenvalue weighted by atomic mass is 19.1. The third kappa shape index (κ3) is 1.74. The fourth-order valence-corrected chi connectivity index (χ4v) is 2.26. The average Bonchev–Trinajstić information content (AvgIpc) is 2.63. The number of piperazine rings is 1. The number of rotatable bonds is 1. The number of nitrogens with zero attached hydrogens (tertiary/aromatic N) is 2. The Labute approximate surface area is 107 Å². The summed E-state index contributed by atoms with van der Waals surface area (Å²) in [5, 5.41) is 2.55. The van der Waals surface area contributed by atoms with Crippen LogP contribution in [0, 0.1) is 5.82 Å². The first kappa shape index (κ1) is 11.6. The first-order valence-electron chi connectivity index (χ1n) is 5.75. The molecule has 0 radical (unpaired) electrons. The van der Waals surface area contributed by atoms with Crippen molar-refractivity contribution in [1.82, 2.24) is 10.2 Å². The van der Waals surface area contributed by atoms with Gasteiger partial charge in [0.2, 0.25) is 5.91 Å². The smallest absolute Gasteiger partial charge is 0.332 e. The normalized spacial score (nSPS) is 22.6. The van der Waals surface area contributed by atoms with Crippen LogP contribution in [-0.2, 0) is 9.59 Å². The molecule has 0 spiro atoms. The van der Waals surface area contributed by atoms with Gasteiger partial charge in [0, 0.05) is 6.54 Å². The van der Waals surface area contributed by atoms with Crippen molar-refractivity contribution in [2.45, 2.75) is 6.04 Å². The van der Waals surface area contributed by atoms with Crippen LogP contribution in [-0.4, -0.2) is 41.9 Å². The van der Waals surface area contributed by atoms with Crippen LogP contribution in [0.3, 0.4) is 0 Å². The van der Waals surface area contributed by atoms with Gasteiger partial charge in [0.1, 0.15) is 18.4 Å². The summed E-state index contributed by atoms with van der Waals surface area (Å²) in [5.41, 5.74) is 0.304. The molecular formula is C12H10FN3O3. The van der Waals surface area contributed by atoms with Gasteiger partial charge >= 0.3 is 6.03 Å². The van der Waals surface area contributed by atoms with E-state index < -0.39 is 23.8 Å². The standard InChI is InChI=1S/C12H10FN3O3/c13-7-1-3-8(4-2-7)16-11(18)9-5-14-10(17)6-15(9)12(16)19/h1-4,9H,5-6H2,(H,14,17). The number of anilines is 1. The van der Waals surface area contributed by atoms with Gasteiger partial charge in [-0.2, -0.15) is 0 Å². The molecule has 0 aromatic heterocycles. The van der Waals surface area contributed by atoms with Crippen molar-refractivity contribution in [2.24, 2.45) is 0 Å². The van der Waals surface area contributed by atoms with Gasteiger partial charge in [0.15, 0.2) is 0 Å². The van der Waals surface area contributed by atoms with Crippen LogP contribution in [0.2, 0.25) is 0 Å². The minimum Gasteiger partial charge on any atom is -0.352 e. The Morgan fingerprint density at radius 1 is 1.16 bits per heavy atom. The molecule has 4 amide bonds. The first-order chi connectivity index (χ1) is 9.08. The number of nitrogens with one attached hydrogen (secondary N) is 1. The lowest BCUT2D eigenvalue weighted by atomic mass is 10.2. The molecule has 98 valence electrons. The lowest BCUT2D eigenvalue weighted by Gasteiger charge is -2.26. The van der Waals surface area contributed by atoms with Crippen molar-refractivity contribution in [2.75, 3.05) is 18.0 Å². The van der Waals surface area contributed by atoms with Crippen LogP contribution in [0.4, 0.5) is 14.9 Å². The van der Waals surface area contributed by atoms with E-state index in [-0.39, 0.29) is 19.0 Å². The summed E-state index contributed by atoms with van der Waals surface area (Å²) in [7, 11) is 0. The van der Waals surface area contributed by atoms with Gasteiger partial charge in [-0.3, -0.25) is 9.59 Å². The third-order valence-corrected chi connectivity index (χ3v) is 3.21. The monoisotopic (exact) mass is 263 g/mol. The predicted molar refractivity (Wildman–Crippen MR) is 62.8 cm³/mol. The minimum absolute atomic E-state index is 0.112. The van der Waals surface area contributed by atoms with Gasteiger partial charge in [0.05, 0.1) is 5.69 Å². The van der Waals surface area contributed by atoms with Gasteiger partial charge in [-0.15, -0.1) is 0 Å². The van der Waals surface area contributed by atoms with Crippen molar-refractivity contribution >= 4 is 23.5 Å². The molecule has 1 atom stereocenters. The summed E-state index contributed by atoms with van der Waals surface area (Å²) in [4.78, 5) is 37.8. The quantitative estimate of drug-likeness (QED) is 0.730. The molecule has 1 N–H and O–H groups in total. The van der Waals surface area contributed by atoms with E-state index in [4.69, 9.17) is 0 Å². The zero-order valence-corrected chi connectivity index (χ0v) is 9.80. The molecule has 0 saturated carbocycles. The van der Waals surface area contributed by atoms with E-state index >= 15 is 0 Å². The molecule has 2 fully saturated rings. The minimum atomic E-state index is -0.671. The number of hydrogen-bond donors (Lipinski definition) is 1. The van der Waals surface area contributed by atoms with E-state index in [1.165, 1.54) is 29.2 Å². The molecule has 2 saturated heterocycles. The van der Waals surface area contributed by atoms with Crippen molar-refractivity contribution in [1.29, 1.82) is 0 Å². The number of fused-ring (bicyclic) bond motifs is 1. The highest BCUT2D eigenvalue weighted by molar-refractivity contribution is 6.22. The fraction of sp³-hybridized carbons (Fsp3) is 0.250. The lowest BCUT2D eigenvalue weighted by Crippen LogP contribution is -2.54.